The fraction of sp³-hybridized carbons (Fsp3) is 0. The number of rotatable bonds is 6. The standard InChI is InChI=1S/C18H18Cl3N6O3P3/c19-26-31(21)27(20)33(29-17-11-5-2-8-14(17)23,30-18-12-6-3-9-15(18)24)25-32(26)28-16-10-4-1-7-13(16)22/h1-12H,22-24H2. The van der Waals surface area contributed by atoms with E-state index in [1.54, 1.807) is 72.8 Å². The van der Waals surface area contributed by atoms with E-state index in [2.05, 4.69) is 0 Å². The Bertz CT molecular complexity index is 1160. The molecule has 4 rings (SSSR count). The van der Waals surface area contributed by atoms with E-state index in [-0.39, 0.29) is 0 Å². The third-order valence-corrected chi connectivity index (χ3v) is 14.2. The first-order valence-corrected chi connectivity index (χ1v) is 14.7. The summed E-state index contributed by atoms with van der Waals surface area (Å²) in [6.07, 6.45) is 0. The fourth-order valence-electron chi connectivity index (χ4n) is 2.59. The van der Waals surface area contributed by atoms with Crippen LogP contribution in [0.1, 0.15) is 0 Å². The van der Waals surface area contributed by atoms with Gasteiger partial charge in [-0.2, -0.15) is 0 Å². The fourth-order valence-corrected chi connectivity index (χ4v) is 11.7. The van der Waals surface area contributed by atoms with E-state index in [4.69, 9.17) is 70.1 Å². The lowest BCUT2D eigenvalue weighted by molar-refractivity contribution is 0.452. The molecule has 3 aromatic carbocycles. The van der Waals surface area contributed by atoms with E-state index in [0.717, 1.165) is 3.96 Å². The number of benzene rings is 3. The number of halogens is 3. The monoisotopic (exact) mass is 564 g/mol. The van der Waals surface area contributed by atoms with Gasteiger partial charge in [0.25, 0.3) is 0 Å². The van der Waals surface area contributed by atoms with Crippen molar-refractivity contribution in [3.63, 3.8) is 0 Å². The van der Waals surface area contributed by atoms with Crippen molar-refractivity contribution >= 4 is 75.5 Å². The third kappa shape index (κ3) is 5.22. The quantitative estimate of drug-likeness (QED) is 0.159. The average Bonchev–Trinajstić information content (AvgIpc) is 2.80. The zero-order valence-electron chi connectivity index (χ0n) is 16.7. The third-order valence-electron chi connectivity index (χ3n) is 4.18. The van der Waals surface area contributed by atoms with Gasteiger partial charge in [0.05, 0.1) is 17.1 Å². The van der Waals surface area contributed by atoms with Gasteiger partial charge in [-0.15, -0.1) is 4.52 Å². The minimum absolute atomic E-state index is 0.298. The predicted molar refractivity (Wildman–Crippen MR) is 139 cm³/mol. The van der Waals surface area contributed by atoms with Crippen LogP contribution in [0.5, 0.6) is 17.2 Å². The molecule has 1 heterocycles. The highest BCUT2D eigenvalue weighted by Crippen LogP contribution is 2.81. The Morgan fingerprint density at radius 1 is 0.727 bits per heavy atom. The van der Waals surface area contributed by atoms with E-state index < -0.39 is 23.7 Å². The topological polar surface area (TPSA) is 125 Å². The lowest BCUT2D eigenvalue weighted by atomic mass is 10.3. The minimum Gasteiger partial charge on any atom is -0.436 e. The van der Waals surface area contributed by atoms with Crippen molar-refractivity contribution < 1.29 is 13.6 Å². The molecule has 3 aromatic rings. The molecule has 6 N–H and O–H groups in total. The van der Waals surface area contributed by atoms with Gasteiger partial charge in [-0.25, -0.2) is 0 Å². The van der Waals surface area contributed by atoms with Crippen molar-refractivity contribution in [1.29, 1.82) is 0 Å². The van der Waals surface area contributed by atoms with Gasteiger partial charge in [0.1, 0.15) is 5.75 Å². The zero-order chi connectivity index (χ0) is 23.6. The number of nitrogens with two attached hydrogens (primary N) is 3. The Hall–Kier alpha value is -1.66. The molecule has 33 heavy (non-hydrogen) atoms. The molecule has 2 atom stereocenters. The van der Waals surface area contributed by atoms with Crippen LogP contribution in [0.2, 0.25) is 0 Å². The van der Waals surface area contributed by atoms with Crippen LogP contribution in [-0.2, 0) is 0 Å². The van der Waals surface area contributed by atoms with Crippen LogP contribution in [0.3, 0.4) is 0 Å². The predicted octanol–water partition coefficient (Wildman–Crippen LogP) is 7.53. The smallest absolute Gasteiger partial charge is 0.425 e. The number of para-hydroxylation sites is 6. The molecule has 2 unspecified atom stereocenters. The molecule has 0 bridgehead atoms. The summed E-state index contributed by atoms with van der Waals surface area (Å²) >= 11 is 19.7. The summed E-state index contributed by atoms with van der Waals surface area (Å²) in [5.74, 6) is 0.969. The summed E-state index contributed by atoms with van der Waals surface area (Å²) in [4.78, 5) is 0. The second-order valence-corrected chi connectivity index (χ2v) is 14.4. The highest BCUT2D eigenvalue weighted by Gasteiger charge is 2.51. The molecule has 0 radical (unpaired) electrons. The molecule has 0 amide bonds. The summed E-state index contributed by atoms with van der Waals surface area (Å²) in [6.45, 7) is 0. The molecule has 15 heteroatoms. The number of hydrogen-bond donors (Lipinski definition) is 3. The Morgan fingerprint density at radius 2 is 1.15 bits per heavy atom. The van der Waals surface area contributed by atoms with Crippen LogP contribution in [0, 0.1) is 0 Å². The Morgan fingerprint density at radius 3 is 1.61 bits per heavy atom. The highest BCUT2D eigenvalue weighted by atomic mass is 35.7. The molecular weight excluding hydrogens is 548 g/mol. The van der Waals surface area contributed by atoms with E-state index in [0.29, 0.717) is 34.3 Å². The first kappa shape index (κ1) is 24.5. The molecule has 0 saturated carbocycles. The second-order valence-electron chi connectivity index (χ2n) is 6.44. The van der Waals surface area contributed by atoms with Crippen molar-refractivity contribution in [3.8, 4) is 17.2 Å². The van der Waals surface area contributed by atoms with Gasteiger partial charge < -0.3 is 30.8 Å². The maximum Gasteiger partial charge on any atom is 0.425 e. The summed E-state index contributed by atoms with van der Waals surface area (Å²) in [5.41, 5.74) is 19.4. The van der Waals surface area contributed by atoms with Crippen LogP contribution < -0.4 is 30.8 Å². The van der Waals surface area contributed by atoms with Gasteiger partial charge in [-0.3, -0.25) is 0 Å². The maximum atomic E-state index is 6.65. The Balaban J connectivity index is 1.84. The minimum atomic E-state index is -3.58. The highest BCUT2D eigenvalue weighted by molar-refractivity contribution is 7.94. The van der Waals surface area contributed by atoms with Gasteiger partial charge in [0.2, 0.25) is 0 Å². The number of nitrogens with zero attached hydrogens (tertiary/aromatic N) is 3. The number of hydrogen-bond acceptors (Lipinski definition) is 9. The molecule has 174 valence electrons. The molecule has 1 aliphatic heterocycles. The van der Waals surface area contributed by atoms with Crippen LogP contribution >= 0.6 is 58.5 Å². The summed E-state index contributed by atoms with van der Waals surface area (Å²) < 4.78 is 25.5. The van der Waals surface area contributed by atoms with Gasteiger partial charge in [-0.1, -0.05) is 55.6 Å². The van der Waals surface area contributed by atoms with Gasteiger partial charge >= 0.3 is 16.1 Å². The summed E-state index contributed by atoms with van der Waals surface area (Å²) in [6, 6.07) is 20.6. The lowest BCUT2D eigenvalue weighted by Gasteiger charge is -2.39. The van der Waals surface area contributed by atoms with E-state index in [1.165, 1.54) is 3.96 Å². The molecule has 0 saturated heterocycles. The molecule has 1 aliphatic rings. The second kappa shape index (κ2) is 10.3. The zero-order valence-corrected chi connectivity index (χ0v) is 21.7. The van der Waals surface area contributed by atoms with Crippen LogP contribution in [-0.4, -0.2) is 7.92 Å². The lowest BCUT2D eigenvalue weighted by Crippen LogP contribution is -2.21. The Labute approximate surface area is 208 Å². The van der Waals surface area contributed by atoms with Crippen molar-refractivity contribution in [2.24, 2.45) is 4.52 Å². The van der Waals surface area contributed by atoms with Gasteiger partial charge in [-0.05, 0) is 60.0 Å². The van der Waals surface area contributed by atoms with Crippen LogP contribution in [0.25, 0.3) is 0 Å². The van der Waals surface area contributed by atoms with Crippen molar-refractivity contribution in [2.45, 2.75) is 0 Å². The first-order chi connectivity index (χ1) is 15.8. The normalized spacial score (nSPS) is 20.6. The molecule has 0 aliphatic carbocycles. The van der Waals surface area contributed by atoms with Crippen molar-refractivity contribution in [2.75, 3.05) is 17.2 Å². The molecule has 0 spiro atoms. The Kier molecular flexibility index (Phi) is 7.64. The average molecular weight is 566 g/mol. The SMILES string of the molecule is Nc1ccccc1OP1N=P(Oc2ccccc2N)(Oc2ccccc2N)N(Cl)P(Cl)N1Cl. The van der Waals surface area contributed by atoms with E-state index >= 15 is 0 Å². The van der Waals surface area contributed by atoms with E-state index in [9.17, 15) is 0 Å². The number of anilines is 3. The van der Waals surface area contributed by atoms with Gasteiger partial charge in [0, 0.05) is 0 Å². The van der Waals surface area contributed by atoms with Crippen molar-refractivity contribution in [1.82, 2.24) is 7.92 Å². The van der Waals surface area contributed by atoms with Gasteiger partial charge in [0.15, 0.2) is 19.1 Å². The summed E-state index contributed by atoms with van der Waals surface area (Å²) in [7, 11) is -7.44. The van der Waals surface area contributed by atoms with Crippen LogP contribution in [0.15, 0.2) is 77.3 Å². The molecule has 0 aromatic heterocycles. The maximum absolute atomic E-state index is 6.65. The largest absolute Gasteiger partial charge is 0.436 e. The van der Waals surface area contributed by atoms with E-state index in [1.807, 2.05) is 0 Å². The summed E-state index contributed by atoms with van der Waals surface area (Å²) in [5, 5.41) is 0. The first-order valence-electron chi connectivity index (χ1n) is 9.22. The van der Waals surface area contributed by atoms with Crippen LogP contribution in [0.4, 0.5) is 17.1 Å². The molecule has 0 fully saturated rings. The molecule has 9 nitrogen and oxygen atoms in total. The van der Waals surface area contributed by atoms with Crippen molar-refractivity contribution in [3.05, 3.63) is 72.8 Å². The number of nitrogen functional groups attached to an aromatic ring is 3. The molecular formula is C18H18Cl3N6O3P3.